The first-order valence-corrected chi connectivity index (χ1v) is 19.8. The van der Waals surface area contributed by atoms with Crippen molar-refractivity contribution in [3.63, 3.8) is 0 Å². The van der Waals surface area contributed by atoms with Crippen LogP contribution >= 0.6 is 0 Å². The molecule has 62 heavy (non-hydrogen) atoms. The normalized spacial score (nSPS) is 12.4. The zero-order chi connectivity index (χ0) is 45.6. The molecule has 6 aromatic rings. The Bertz CT molecular complexity index is 2900. The van der Waals surface area contributed by atoms with E-state index in [4.69, 9.17) is 31.8 Å². The predicted octanol–water partition coefficient (Wildman–Crippen LogP) is 2.47. The molecule has 0 aliphatic rings. The molecule has 6 rings (SSSR count). The topological polar surface area (TPSA) is 273 Å². The molecule has 0 saturated heterocycles. The molecule has 328 valence electrons. The molecule has 0 saturated carbocycles. The molecule has 0 aliphatic carbocycles. The lowest BCUT2D eigenvalue weighted by atomic mass is 10.1. The summed E-state index contributed by atoms with van der Waals surface area (Å²) in [6.07, 6.45) is 0.558. The van der Waals surface area contributed by atoms with Crippen LogP contribution in [0.3, 0.4) is 0 Å². The highest BCUT2D eigenvalue weighted by Gasteiger charge is 2.22. The van der Waals surface area contributed by atoms with Crippen molar-refractivity contribution in [2.24, 2.45) is 41.3 Å². The molecule has 7 N–H and O–H groups in total. The van der Waals surface area contributed by atoms with E-state index < -0.39 is 23.6 Å². The third kappa shape index (κ3) is 9.34. The fourth-order valence-corrected chi connectivity index (χ4v) is 7.13. The van der Waals surface area contributed by atoms with Crippen LogP contribution in [-0.2, 0) is 45.1 Å². The zero-order valence-electron chi connectivity index (χ0n) is 36.2. The number of amides is 4. The number of carboxylic acid groups (broad SMARTS) is 1. The number of imidazole rings is 2. The largest absolute Gasteiger partial charge is 0.491 e. The van der Waals surface area contributed by atoms with Crippen LogP contribution in [0.4, 0.5) is 0 Å². The van der Waals surface area contributed by atoms with Crippen molar-refractivity contribution in [1.29, 1.82) is 0 Å². The number of carbonyl (C=O) groups is 5. The number of nitrogens with zero attached hydrogens (tertiary/aromatic N) is 10. The lowest BCUT2D eigenvalue weighted by Gasteiger charge is -2.14. The highest BCUT2D eigenvalue weighted by molar-refractivity contribution is 5.99. The van der Waals surface area contributed by atoms with E-state index in [2.05, 4.69) is 20.2 Å². The van der Waals surface area contributed by atoms with Crippen LogP contribution < -0.4 is 33.2 Å². The number of benzene rings is 2. The van der Waals surface area contributed by atoms with Crippen LogP contribution in [0.2, 0.25) is 0 Å². The van der Waals surface area contributed by atoms with Gasteiger partial charge in [-0.1, -0.05) is 11.1 Å². The van der Waals surface area contributed by atoms with Crippen LogP contribution in [0, 0.1) is 13.8 Å². The van der Waals surface area contributed by atoms with Crippen molar-refractivity contribution in [2.45, 2.75) is 74.1 Å². The van der Waals surface area contributed by atoms with Crippen molar-refractivity contribution < 1.29 is 33.8 Å². The molecule has 0 radical (unpaired) electrons. The minimum Gasteiger partial charge on any atom is -0.491 e. The number of rotatable bonds is 14. The van der Waals surface area contributed by atoms with Gasteiger partial charge in [-0.15, -0.1) is 0 Å². The SMILES string of the molecule is CCn1nc(C)cc1C(=O)/N=c1\n(C)c2cc(C(N)=O)ccc2n1C/C(C)=C(\C)Cn1/c(=N/C(=O)c2cc(C)nn2CC)n(C)c2cc(C(N)=O)cc(OCCCN)c21.O=CO. The highest BCUT2D eigenvalue weighted by atomic mass is 16.5. The standard InChI is InChI=1S/C41H51N13O5.CH2O2/c1-9-53-32(16-25(5)47-53)38(57)45-40-49(7)30-18-27(36(43)55)12-13-29(30)51(40)21-23(3)24(4)22-52-35-31(19-28(37(44)56)20-34(35)59-15-11-14-42)50(8)41(52)46-39(58)33-17-26(6)48-54(33)10-2;2-1-3/h12-13,16-20H,9-11,14-15,21-22,42H2,1-8H3,(H2,43,55)(H2,44,56);1H,(H,2,3)/b24-23+,45-40+,46-41+;. The summed E-state index contributed by atoms with van der Waals surface area (Å²) in [5.74, 6) is -1.82. The van der Waals surface area contributed by atoms with Gasteiger partial charge in [-0.3, -0.25) is 33.3 Å². The van der Waals surface area contributed by atoms with Crippen molar-refractivity contribution in [2.75, 3.05) is 13.2 Å². The monoisotopic (exact) mass is 851 g/mol. The van der Waals surface area contributed by atoms with Gasteiger partial charge < -0.3 is 45.3 Å². The summed E-state index contributed by atoms with van der Waals surface area (Å²) in [7, 11) is 3.54. The first-order valence-electron chi connectivity index (χ1n) is 19.8. The van der Waals surface area contributed by atoms with Crippen LogP contribution in [-0.4, -0.2) is 86.2 Å². The molecular formula is C42H53N13O7. The quantitative estimate of drug-likeness (QED) is 0.0706. The molecule has 0 unspecified atom stereocenters. The number of carbonyl (C=O) groups excluding carboxylic acids is 4. The predicted molar refractivity (Wildman–Crippen MR) is 230 cm³/mol. The van der Waals surface area contributed by atoms with E-state index in [1.807, 2.05) is 50.7 Å². The number of hydrogen-bond donors (Lipinski definition) is 4. The molecule has 0 atom stereocenters. The Hall–Kier alpha value is -7.35. The Morgan fingerprint density at radius 1 is 0.742 bits per heavy atom. The van der Waals surface area contributed by atoms with E-state index in [1.165, 1.54) is 0 Å². The molecule has 4 amide bonds. The second kappa shape index (κ2) is 19.4. The summed E-state index contributed by atoms with van der Waals surface area (Å²) in [6.45, 7) is 13.3. The molecule has 20 heteroatoms. The average molecular weight is 852 g/mol. The van der Waals surface area contributed by atoms with E-state index in [0.717, 1.165) is 11.1 Å². The fraction of sp³-hybridized carbons (Fsp3) is 0.357. The first-order chi connectivity index (χ1) is 29.5. The second-order valence-corrected chi connectivity index (χ2v) is 14.6. The van der Waals surface area contributed by atoms with E-state index in [0.29, 0.717) is 93.4 Å². The minimum absolute atomic E-state index is 0.226. The second-order valence-electron chi connectivity index (χ2n) is 14.6. The van der Waals surface area contributed by atoms with Gasteiger partial charge in [0.05, 0.1) is 34.5 Å². The maximum atomic E-state index is 13.9. The Labute approximate surface area is 356 Å². The number of hydrogen-bond acceptors (Lipinski definition) is 9. The van der Waals surface area contributed by atoms with Gasteiger partial charge in [0.2, 0.25) is 23.1 Å². The van der Waals surface area contributed by atoms with Gasteiger partial charge in [0.15, 0.2) is 0 Å². The number of aryl methyl sites for hydroxylation is 6. The Balaban J connectivity index is 0.00000235. The summed E-state index contributed by atoms with van der Waals surface area (Å²) in [5.41, 5.74) is 24.8. The van der Waals surface area contributed by atoms with Crippen LogP contribution in [0.1, 0.15) is 87.2 Å². The van der Waals surface area contributed by atoms with E-state index >= 15 is 0 Å². The van der Waals surface area contributed by atoms with Crippen LogP contribution in [0.5, 0.6) is 5.75 Å². The summed E-state index contributed by atoms with van der Waals surface area (Å²) < 4.78 is 16.7. The highest BCUT2D eigenvalue weighted by Crippen LogP contribution is 2.29. The van der Waals surface area contributed by atoms with Crippen LogP contribution in [0.25, 0.3) is 22.1 Å². The Morgan fingerprint density at radius 3 is 1.73 bits per heavy atom. The third-order valence-electron chi connectivity index (χ3n) is 10.3. The molecule has 0 bridgehead atoms. The first kappa shape index (κ1) is 45.7. The molecule has 4 heterocycles. The van der Waals surface area contributed by atoms with E-state index in [9.17, 15) is 19.2 Å². The lowest BCUT2D eigenvalue weighted by Crippen LogP contribution is -2.28. The maximum Gasteiger partial charge on any atom is 0.298 e. The molecule has 0 spiro atoms. The number of ether oxygens (including phenoxy) is 1. The number of fused-ring (bicyclic) bond motifs is 2. The van der Waals surface area contributed by atoms with Gasteiger partial charge in [-0.2, -0.15) is 20.2 Å². The molecule has 0 fully saturated rings. The Morgan fingerprint density at radius 2 is 1.23 bits per heavy atom. The fourth-order valence-electron chi connectivity index (χ4n) is 7.13. The molecule has 2 aromatic carbocycles. The number of aromatic nitrogens is 8. The lowest BCUT2D eigenvalue weighted by molar-refractivity contribution is -0.122. The summed E-state index contributed by atoms with van der Waals surface area (Å²) in [6, 6.07) is 11.8. The number of primary amides is 2. The summed E-state index contributed by atoms with van der Waals surface area (Å²) in [5, 5.41) is 15.8. The summed E-state index contributed by atoms with van der Waals surface area (Å²) >= 11 is 0. The van der Waals surface area contributed by atoms with Crippen LogP contribution in [0.15, 0.2) is 63.6 Å². The molecule has 0 aliphatic heterocycles. The zero-order valence-corrected chi connectivity index (χ0v) is 36.2. The van der Waals surface area contributed by atoms with E-state index in [1.54, 1.807) is 75.1 Å². The molecular weight excluding hydrogens is 799 g/mol. The third-order valence-corrected chi connectivity index (χ3v) is 10.3. The number of nitrogens with two attached hydrogens (primary N) is 3. The van der Waals surface area contributed by atoms with Gasteiger partial charge in [0.25, 0.3) is 18.3 Å². The molecule has 4 aromatic heterocycles. The van der Waals surface area contributed by atoms with Gasteiger partial charge in [-0.05, 0) is 97.0 Å². The Kier molecular flexibility index (Phi) is 14.3. The summed E-state index contributed by atoms with van der Waals surface area (Å²) in [4.78, 5) is 70.1. The maximum absolute atomic E-state index is 13.9. The molecule has 20 nitrogen and oxygen atoms in total. The minimum atomic E-state index is -0.642. The van der Waals surface area contributed by atoms with Gasteiger partial charge in [-0.25, -0.2) is 0 Å². The smallest absolute Gasteiger partial charge is 0.298 e. The van der Waals surface area contributed by atoms with Crippen molar-refractivity contribution in [3.8, 4) is 5.75 Å². The average Bonchev–Trinajstić information content (AvgIpc) is 3.96. The van der Waals surface area contributed by atoms with Gasteiger partial charge >= 0.3 is 0 Å². The number of allylic oxidation sites excluding steroid dienone is 2. The van der Waals surface area contributed by atoms with Crippen molar-refractivity contribution in [3.05, 3.63) is 98.7 Å². The van der Waals surface area contributed by atoms with Crippen molar-refractivity contribution >= 4 is 52.2 Å². The van der Waals surface area contributed by atoms with Gasteiger partial charge in [0, 0.05) is 51.4 Å². The van der Waals surface area contributed by atoms with Gasteiger partial charge in [0.1, 0.15) is 22.7 Å². The van der Waals surface area contributed by atoms with E-state index in [-0.39, 0.29) is 31.7 Å². The van der Waals surface area contributed by atoms with Crippen molar-refractivity contribution in [1.82, 2.24) is 37.8 Å².